The van der Waals surface area contributed by atoms with Crippen LogP contribution in [0.1, 0.15) is 22.3 Å². The summed E-state index contributed by atoms with van der Waals surface area (Å²) in [7, 11) is 0. The first-order chi connectivity index (χ1) is 25.3. The summed E-state index contributed by atoms with van der Waals surface area (Å²) in [5, 5.41) is 0.509. The van der Waals surface area contributed by atoms with E-state index in [0.29, 0.717) is 0 Å². The molecule has 0 amide bonds. The summed E-state index contributed by atoms with van der Waals surface area (Å²) in [6.07, 6.45) is -19.4. The van der Waals surface area contributed by atoms with E-state index < -0.39 is 58.3 Å². The van der Waals surface area contributed by atoms with Crippen LogP contribution in [0.25, 0.3) is 66.1 Å². The molecule has 0 radical (unpaired) electrons. The minimum absolute atomic E-state index is 0.0171. The molecular weight excluding hydrogens is 736 g/mol. The van der Waals surface area contributed by atoms with Crippen molar-refractivity contribution in [1.29, 1.82) is 0 Å². The van der Waals surface area contributed by atoms with E-state index in [-0.39, 0.29) is 54.7 Å². The van der Waals surface area contributed by atoms with Gasteiger partial charge in [-0.2, -0.15) is 52.7 Å². The Morgan fingerprint density at radius 1 is 0.315 bits per heavy atom. The van der Waals surface area contributed by atoms with Gasteiger partial charge in [-0.3, -0.25) is 0 Å². The largest absolute Gasteiger partial charge is 0.418 e. The Morgan fingerprint density at radius 2 is 0.667 bits per heavy atom. The molecule has 0 aliphatic rings. The van der Waals surface area contributed by atoms with Gasteiger partial charge in [0.15, 0.2) is 0 Å². The first kappa shape index (κ1) is 35.1. The second-order valence-corrected chi connectivity index (χ2v) is 12.6. The van der Waals surface area contributed by atoms with Crippen LogP contribution < -0.4 is 0 Å². The zero-order chi connectivity index (χ0) is 38.5. The van der Waals surface area contributed by atoms with Crippen LogP contribution in [0.2, 0.25) is 0 Å². The average Bonchev–Trinajstić information content (AvgIpc) is 3.62. The van der Waals surface area contributed by atoms with E-state index in [4.69, 9.17) is 0 Å². The lowest BCUT2D eigenvalue weighted by molar-refractivity contribution is -0.138. The Morgan fingerprint density at radius 3 is 1.02 bits per heavy atom. The van der Waals surface area contributed by atoms with Crippen molar-refractivity contribution >= 4 is 43.6 Å². The van der Waals surface area contributed by atoms with Gasteiger partial charge in [-0.1, -0.05) is 48.5 Å². The fourth-order valence-corrected chi connectivity index (χ4v) is 7.09. The Bertz CT molecular complexity index is 2590. The molecule has 0 fully saturated rings. The van der Waals surface area contributed by atoms with E-state index in [9.17, 15) is 52.7 Å². The lowest BCUT2D eigenvalue weighted by atomic mass is 9.99. The van der Waals surface area contributed by atoms with Crippen molar-refractivity contribution in [1.82, 2.24) is 9.13 Å². The summed E-state index contributed by atoms with van der Waals surface area (Å²) in [4.78, 5) is 0. The molecule has 274 valence electrons. The molecule has 0 saturated heterocycles. The molecule has 2 aromatic heterocycles. The van der Waals surface area contributed by atoms with Gasteiger partial charge in [0.1, 0.15) is 0 Å². The second-order valence-electron chi connectivity index (χ2n) is 12.6. The molecule has 0 unspecified atom stereocenters. The molecule has 0 aliphatic carbocycles. The van der Waals surface area contributed by atoms with Crippen LogP contribution >= 0.6 is 0 Å². The quantitative estimate of drug-likeness (QED) is 0.159. The molecular formula is C40H20F12N2. The molecule has 2 heterocycles. The van der Waals surface area contributed by atoms with Gasteiger partial charge in [-0.15, -0.1) is 0 Å². The number of benzene rings is 6. The molecule has 14 heteroatoms. The third-order valence-corrected chi connectivity index (χ3v) is 9.42. The molecule has 6 aromatic carbocycles. The van der Waals surface area contributed by atoms with Crippen molar-refractivity contribution in [2.24, 2.45) is 0 Å². The summed E-state index contributed by atoms with van der Waals surface area (Å²) >= 11 is 0. The van der Waals surface area contributed by atoms with E-state index in [2.05, 4.69) is 0 Å². The third-order valence-electron chi connectivity index (χ3n) is 9.42. The lowest BCUT2D eigenvalue weighted by Crippen LogP contribution is -2.12. The minimum atomic E-state index is -4.97. The zero-order valence-corrected chi connectivity index (χ0v) is 27.0. The Labute approximate surface area is 296 Å². The number of para-hydroxylation sites is 2. The van der Waals surface area contributed by atoms with Crippen LogP contribution in [0, 0.1) is 0 Å². The number of fused-ring (bicyclic) bond motifs is 6. The van der Waals surface area contributed by atoms with Crippen LogP contribution in [0.3, 0.4) is 0 Å². The Balaban J connectivity index is 1.40. The number of hydrogen-bond acceptors (Lipinski definition) is 0. The van der Waals surface area contributed by atoms with E-state index in [1.807, 2.05) is 0 Å². The maximum absolute atomic E-state index is 14.7. The third kappa shape index (κ3) is 5.71. The van der Waals surface area contributed by atoms with E-state index in [1.165, 1.54) is 48.5 Å². The topological polar surface area (TPSA) is 9.86 Å². The van der Waals surface area contributed by atoms with Crippen molar-refractivity contribution < 1.29 is 52.7 Å². The molecule has 0 bridgehead atoms. The number of halogens is 12. The van der Waals surface area contributed by atoms with Crippen molar-refractivity contribution in [2.45, 2.75) is 24.7 Å². The van der Waals surface area contributed by atoms with E-state index in [0.717, 1.165) is 81.9 Å². The number of alkyl halides is 12. The number of hydrogen-bond donors (Lipinski definition) is 0. The van der Waals surface area contributed by atoms with E-state index in [1.54, 1.807) is 0 Å². The number of nitrogens with zero attached hydrogens (tertiary/aromatic N) is 2. The maximum atomic E-state index is 14.7. The molecule has 0 spiro atoms. The van der Waals surface area contributed by atoms with Crippen LogP contribution in [-0.2, 0) is 24.7 Å². The van der Waals surface area contributed by atoms with Crippen LogP contribution in [0.4, 0.5) is 52.7 Å². The zero-order valence-electron chi connectivity index (χ0n) is 27.0. The van der Waals surface area contributed by atoms with Crippen molar-refractivity contribution in [3.05, 3.63) is 144 Å². The molecule has 0 N–H and O–H groups in total. The van der Waals surface area contributed by atoms with Gasteiger partial charge in [0.25, 0.3) is 0 Å². The molecule has 2 nitrogen and oxygen atoms in total. The van der Waals surface area contributed by atoms with Crippen LogP contribution in [0.5, 0.6) is 0 Å². The lowest BCUT2D eigenvalue weighted by Gasteiger charge is -2.20. The molecule has 54 heavy (non-hydrogen) atoms. The monoisotopic (exact) mass is 756 g/mol. The Hall–Kier alpha value is -5.92. The minimum Gasteiger partial charge on any atom is -0.309 e. The summed E-state index contributed by atoms with van der Waals surface area (Å²) in [5.74, 6) is 0. The number of aromatic nitrogens is 2. The standard InChI is InChI=1S/C40H20F12N2/c41-37(42,43)23-11-15-33-27(19-23)25-5-1-3-7-31(25)53(33)35-17-21(9-13-29(35)39(47,48)49)22-10-14-30(40(50,51)52)36(18-22)54-32-8-4-2-6-26(32)28-20-24(38(44,45)46)12-16-34(28)54/h1-20H. The predicted octanol–water partition coefficient (Wildman–Crippen LogP) is 13.6. The molecule has 0 atom stereocenters. The SMILES string of the molecule is FC(F)(F)c1ccc2c(c1)c1ccccc1n2-c1cc(-c2ccc(C(F)(F)F)c(-n3c4ccccc4c4cc(C(F)(F)F)ccc43)c2)ccc1C(F)(F)F. The van der Waals surface area contributed by atoms with Gasteiger partial charge in [0.2, 0.25) is 0 Å². The van der Waals surface area contributed by atoms with Crippen molar-refractivity contribution in [2.75, 3.05) is 0 Å². The fourth-order valence-electron chi connectivity index (χ4n) is 7.09. The van der Waals surface area contributed by atoms with Gasteiger partial charge in [0, 0.05) is 21.5 Å². The predicted molar refractivity (Wildman–Crippen MR) is 181 cm³/mol. The molecule has 0 aliphatic heterocycles. The Kier molecular flexibility index (Phi) is 7.67. The normalized spacial score (nSPS) is 13.2. The summed E-state index contributed by atoms with van der Waals surface area (Å²) < 4.78 is 173. The highest BCUT2D eigenvalue weighted by Crippen LogP contribution is 2.45. The summed E-state index contributed by atoms with van der Waals surface area (Å²) in [6, 6.07) is 23.0. The number of rotatable bonds is 3. The van der Waals surface area contributed by atoms with Crippen LogP contribution in [-0.4, -0.2) is 9.13 Å². The maximum Gasteiger partial charge on any atom is 0.418 e. The average molecular weight is 757 g/mol. The van der Waals surface area contributed by atoms with Gasteiger partial charge in [-0.25, -0.2) is 0 Å². The van der Waals surface area contributed by atoms with E-state index >= 15 is 0 Å². The highest BCUT2D eigenvalue weighted by Gasteiger charge is 2.38. The van der Waals surface area contributed by atoms with Gasteiger partial charge < -0.3 is 9.13 Å². The molecule has 8 rings (SSSR count). The molecule has 8 aromatic rings. The smallest absolute Gasteiger partial charge is 0.309 e. The summed E-state index contributed by atoms with van der Waals surface area (Å²) in [5.41, 5.74) is -4.99. The van der Waals surface area contributed by atoms with Gasteiger partial charge in [-0.05, 0) is 83.9 Å². The highest BCUT2D eigenvalue weighted by atomic mass is 19.4. The first-order valence-electron chi connectivity index (χ1n) is 16.0. The van der Waals surface area contributed by atoms with Crippen LogP contribution in [0.15, 0.2) is 121 Å². The van der Waals surface area contributed by atoms with Crippen molar-refractivity contribution in [3.63, 3.8) is 0 Å². The first-order valence-corrected chi connectivity index (χ1v) is 16.0. The van der Waals surface area contributed by atoms with Gasteiger partial charge in [0.05, 0.1) is 55.7 Å². The highest BCUT2D eigenvalue weighted by molar-refractivity contribution is 6.10. The fraction of sp³-hybridized carbons (Fsp3) is 0.100. The molecule has 0 saturated carbocycles. The second kappa shape index (κ2) is 11.8. The van der Waals surface area contributed by atoms with Crippen molar-refractivity contribution in [3.8, 4) is 22.5 Å². The van der Waals surface area contributed by atoms with Gasteiger partial charge >= 0.3 is 24.7 Å². The summed E-state index contributed by atoms with van der Waals surface area (Å²) in [6.45, 7) is 0.